The molecule has 37 heavy (non-hydrogen) atoms. The molecule has 2 aromatic carbocycles. The van der Waals surface area contributed by atoms with Crippen LogP contribution in [0.25, 0.3) is 0 Å². The minimum atomic E-state index is -0.619. The van der Waals surface area contributed by atoms with Gasteiger partial charge in [0.15, 0.2) is 0 Å². The number of para-hydroxylation sites is 2. The molecule has 8 heteroatoms. The lowest BCUT2D eigenvalue weighted by atomic mass is 9.85. The van der Waals surface area contributed by atoms with Gasteiger partial charge < -0.3 is 14.4 Å². The molecule has 0 N–H and O–H groups in total. The number of allylic oxidation sites excluding steroid dienone is 2. The standard InChI is InChI=1S/C29H28N2O6/c1-3-36-23-7-5-4-6-22(23)30-15-19(14-24(30)32)29(35)37-20-10-11-21(16(2)12-20)31-27(33)25-17-8-9-18(13-17)26(25)28(31)34/h4-12,17-19,25-26H,3,13-15H2,1-2H3/t17-,18-,19-,25-,26+/m0/s1. The molecule has 3 amide bonds. The first-order valence-corrected chi connectivity index (χ1v) is 12.8. The van der Waals surface area contributed by atoms with E-state index in [9.17, 15) is 19.2 Å². The number of rotatable bonds is 6. The van der Waals surface area contributed by atoms with Crippen LogP contribution in [0.3, 0.4) is 0 Å². The molecule has 0 aromatic heterocycles. The van der Waals surface area contributed by atoms with Gasteiger partial charge in [-0.1, -0.05) is 24.3 Å². The van der Waals surface area contributed by atoms with Crippen LogP contribution in [0.5, 0.6) is 11.5 Å². The number of hydrogen-bond donors (Lipinski definition) is 0. The van der Waals surface area contributed by atoms with Gasteiger partial charge in [-0.2, -0.15) is 0 Å². The van der Waals surface area contributed by atoms with Crippen LogP contribution in [0.4, 0.5) is 11.4 Å². The SMILES string of the molecule is CCOc1ccccc1N1C[C@@H](C(=O)Oc2ccc(N3C(=O)[C@@H]4[C@H](C3=O)[C@H]3C=C[C@H]4C3)c(C)c2)CC1=O. The van der Waals surface area contributed by atoms with Crippen molar-refractivity contribution in [3.8, 4) is 11.5 Å². The van der Waals surface area contributed by atoms with Crippen LogP contribution < -0.4 is 19.3 Å². The third-order valence-electron chi connectivity index (χ3n) is 8.01. The number of carbonyl (C=O) groups excluding carboxylic acids is 4. The number of aryl methyl sites for hydroxylation is 1. The highest BCUT2D eigenvalue weighted by molar-refractivity contribution is 6.23. The van der Waals surface area contributed by atoms with Crippen molar-refractivity contribution >= 4 is 35.1 Å². The number of fused-ring (bicyclic) bond motifs is 5. The predicted octanol–water partition coefficient (Wildman–Crippen LogP) is 3.66. The summed E-state index contributed by atoms with van der Waals surface area (Å²) in [5.41, 5.74) is 1.83. The lowest BCUT2D eigenvalue weighted by Crippen LogP contribution is -2.33. The highest BCUT2D eigenvalue weighted by Gasteiger charge is 2.59. The van der Waals surface area contributed by atoms with Gasteiger partial charge in [0.2, 0.25) is 17.7 Å². The van der Waals surface area contributed by atoms with Crippen molar-refractivity contribution in [3.63, 3.8) is 0 Å². The van der Waals surface area contributed by atoms with Crippen molar-refractivity contribution < 1.29 is 28.7 Å². The van der Waals surface area contributed by atoms with Gasteiger partial charge in [0.05, 0.1) is 35.7 Å². The minimum absolute atomic E-state index is 0.0479. The van der Waals surface area contributed by atoms with Crippen molar-refractivity contribution in [1.29, 1.82) is 0 Å². The molecule has 2 aliphatic heterocycles. The lowest BCUT2D eigenvalue weighted by molar-refractivity contribution is -0.139. The molecule has 0 radical (unpaired) electrons. The summed E-state index contributed by atoms with van der Waals surface area (Å²) in [7, 11) is 0. The Morgan fingerprint density at radius 1 is 0.973 bits per heavy atom. The van der Waals surface area contributed by atoms with E-state index in [0.717, 1.165) is 6.42 Å². The van der Waals surface area contributed by atoms with Gasteiger partial charge in [-0.05, 0) is 68.0 Å². The molecular weight excluding hydrogens is 472 g/mol. The Morgan fingerprint density at radius 2 is 1.68 bits per heavy atom. The zero-order valence-corrected chi connectivity index (χ0v) is 20.8. The highest BCUT2D eigenvalue weighted by atomic mass is 16.5. The third-order valence-corrected chi connectivity index (χ3v) is 8.01. The van der Waals surface area contributed by atoms with Crippen LogP contribution >= 0.6 is 0 Å². The molecular formula is C29H28N2O6. The molecule has 1 saturated carbocycles. The van der Waals surface area contributed by atoms with Crippen LogP contribution in [0.15, 0.2) is 54.6 Å². The highest BCUT2D eigenvalue weighted by Crippen LogP contribution is 2.53. The van der Waals surface area contributed by atoms with Crippen LogP contribution in [0.2, 0.25) is 0 Å². The van der Waals surface area contributed by atoms with Gasteiger partial charge in [-0.3, -0.25) is 19.2 Å². The number of ether oxygens (including phenoxy) is 2. The van der Waals surface area contributed by atoms with Crippen LogP contribution in [0, 0.1) is 36.5 Å². The predicted molar refractivity (Wildman–Crippen MR) is 135 cm³/mol. The molecule has 3 fully saturated rings. The largest absolute Gasteiger partial charge is 0.492 e. The van der Waals surface area contributed by atoms with Crippen molar-refractivity contribution in [2.75, 3.05) is 23.0 Å². The van der Waals surface area contributed by atoms with E-state index < -0.39 is 11.9 Å². The van der Waals surface area contributed by atoms with Crippen LogP contribution in [0.1, 0.15) is 25.3 Å². The Morgan fingerprint density at radius 3 is 2.35 bits per heavy atom. The second-order valence-electron chi connectivity index (χ2n) is 10.2. The summed E-state index contributed by atoms with van der Waals surface area (Å²) in [6, 6.07) is 12.2. The van der Waals surface area contributed by atoms with Crippen LogP contribution in [-0.4, -0.2) is 36.8 Å². The number of nitrogens with zero attached hydrogens (tertiary/aromatic N) is 2. The Labute approximate surface area is 214 Å². The summed E-state index contributed by atoms with van der Waals surface area (Å²) >= 11 is 0. The minimum Gasteiger partial charge on any atom is -0.492 e. The first kappa shape index (κ1) is 23.5. The lowest BCUT2D eigenvalue weighted by Gasteiger charge is -2.20. The number of hydrogen-bond acceptors (Lipinski definition) is 6. The van der Waals surface area contributed by atoms with E-state index in [0.29, 0.717) is 35.0 Å². The normalized spacial score (nSPS) is 27.8. The molecule has 0 unspecified atom stereocenters. The van der Waals surface area contributed by atoms with Crippen molar-refractivity contribution in [3.05, 3.63) is 60.2 Å². The Balaban J connectivity index is 1.15. The fourth-order valence-corrected chi connectivity index (χ4v) is 6.34. The summed E-state index contributed by atoms with van der Waals surface area (Å²) in [5.74, 6) is -0.907. The van der Waals surface area contributed by atoms with E-state index in [4.69, 9.17) is 9.47 Å². The zero-order chi connectivity index (χ0) is 25.8. The Kier molecular flexibility index (Phi) is 5.62. The average Bonchev–Trinajstić information content (AvgIpc) is 3.64. The van der Waals surface area contributed by atoms with Gasteiger partial charge in [-0.15, -0.1) is 0 Å². The van der Waals surface area contributed by atoms with E-state index in [1.807, 2.05) is 19.1 Å². The summed E-state index contributed by atoms with van der Waals surface area (Å²) in [6.45, 7) is 4.33. The van der Waals surface area contributed by atoms with Gasteiger partial charge in [0, 0.05) is 13.0 Å². The summed E-state index contributed by atoms with van der Waals surface area (Å²) < 4.78 is 11.3. The van der Waals surface area contributed by atoms with Crippen molar-refractivity contribution in [2.45, 2.75) is 26.7 Å². The molecule has 2 aromatic rings. The van der Waals surface area contributed by atoms with E-state index in [1.165, 1.54) is 4.90 Å². The number of amides is 3. The molecule has 8 nitrogen and oxygen atoms in total. The fourth-order valence-electron chi connectivity index (χ4n) is 6.34. The number of benzene rings is 2. The molecule has 2 bridgehead atoms. The van der Waals surface area contributed by atoms with Crippen molar-refractivity contribution in [2.24, 2.45) is 29.6 Å². The van der Waals surface area contributed by atoms with E-state index in [1.54, 1.807) is 42.2 Å². The van der Waals surface area contributed by atoms with Gasteiger partial charge in [0.25, 0.3) is 0 Å². The van der Waals surface area contributed by atoms with E-state index >= 15 is 0 Å². The third kappa shape index (κ3) is 3.74. The molecule has 2 heterocycles. The van der Waals surface area contributed by atoms with Crippen molar-refractivity contribution in [1.82, 2.24) is 0 Å². The molecule has 4 aliphatic rings. The number of imide groups is 1. The molecule has 6 rings (SSSR count). The maximum Gasteiger partial charge on any atom is 0.316 e. The maximum atomic E-state index is 13.2. The van der Waals surface area contributed by atoms with Crippen LogP contribution in [-0.2, 0) is 19.2 Å². The molecule has 2 saturated heterocycles. The summed E-state index contributed by atoms with van der Waals surface area (Å²) in [5, 5.41) is 0. The Hall–Kier alpha value is -3.94. The average molecular weight is 501 g/mol. The van der Waals surface area contributed by atoms with Gasteiger partial charge >= 0.3 is 5.97 Å². The molecule has 2 aliphatic carbocycles. The summed E-state index contributed by atoms with van der Waals surface area (Å²) in [4.78, 5) is 54.9. The molecule has 5 atom stereocenters. The zero-order valence-electron chi connectivity index (χ0n) is 20.8. The van der Waals surface area contributed by atoms with Gasteiger partial charge in [0.1, 0.15) is 11.5 Å². The first-order valence-electron chi connectivity index (χ1n) is 12.8. The fraction of sp³-hybridized carbons (Fsp3) is 0.379. The number of anilines is 2. The number of esters is 1. The first-order chi connectivity index (χ1) is 17.9. The smallest absolute Gasteiger partial charge is 0.316 e. The molecule has 0 spiro atoms. The second kappa shape index (κ2) is 8.87. The monoisotopic (exact) mass is 500 g/mol. The summed E-state index contributed by atoms with van der Waals surface area (Å²) in [6.07, 6.45) is 5.07. The van der Waals surface area contributed by atoms with Gasteiger partial charge in [-0.25, -0.2) is 4.90 Å². The number of carbonyl (C=O) groups is 4. The van der Waals surface area contributed by atoms with E-state index in [2.05, 4.69) is 12.2 Å². The topological polar surface area (TPSA) is 93.2 Å². The van der Waals surface area contributed by atoms with E-state index in [-0.39, 0.29) is 54.4 Å². The quantitative estimate of drug-likeness (QED) is 0.260. The second-order valence-corrected chi connectivity index (χ2v) is 10.2. The maximum absolute atomic E-state index is 13.2. The Bertz CT molecular complexity index is 1320. The molecule has 190 valence electrons.